The number of hydrogen-bond acceptors (Lipinski definition) is 7. The van der Waals surface area contributed by atoms with Gasteiger partial charge in [-0.2, -0.15) is 15.0 Å². The number of aryl methyl sites for hydroxylation is 1. The average molecular weight is 377 g/mol. The Morgan fingerprint density at radius 1 is 1.07 bits per heavy atom. The zero-order valence-corrected chi connectivity index (χ0v) is 15.9. The first-order valence-corrected chi connectivity index (χ1v) is 9.04. The molecular formula is C21H23N5O2. The van der Waals surface area contributed by atoms with E-state index in [1.165, 1.54) is 0 Å². The van der Waals surface area contributed by atoms with Gasteiger partial charge in [-0.1, -0.05) is 55.0 Å². The summed E-state index contributed by atoms with van der Waals surface area (Å²) >= 11 is 0. The van der Waals surface area contributed by atoms with Crippen LogP contribution in [0.1, 0.15) is 36.2 Å². The molecule has 1 heterocycles. The molecule has 144 valence electrons. The van der Waals surface area contributed by atoms with Crippen LogP contribution in [0.4, 0.5) is 17.6 Å². The third-order valence-corrected chi connectivity index (χ3v) is 4.21. The van der Waals surface area contributed by atoms with Crippen molar-refractivity contribution < 1.29 is 9.53 Å². The topological polar surface area (TPSA) is 103 Å². The lowest BCUT2D eigenvalue weighted by Crippen LogP contribution is -2.12. The summed E-state index contributed by atoms with van der Waals surface area (Å²) in [5, 5.41) is 3.07. The smallest absolute Gasteiger partial charge is 0.306 e. The van der Waals surface area contributed by atoms with Crippen molar-refractivity contribution in [2.75, 3.05) is 11.1 Å². The van der Waals surface area contributed by atoms with Gasteiger partial charge in [0.2, 0.25) is 11.9 Å². The molecular weight excluding hydrogens is 354 g/mol. The highest BCUT2D eigenvalue weighted by molar-refractivity contribution is 5.70. The van der Waals surface area contributed by atoms with Crippen LogP contribution in [-0.4, -0.2) is 20.9 Å². The molecule has 0 aliphatic heterocycles. The molecule has 3 N–H and O–H groups in total. The van der Waals surface area contributed by atoms with E-state index in [4.69, 9.17) is 10.5 Å². The number of aromatic nitrogens is 3. The van der Waals surface area contributed by atoms with Gasteiger partial charge in [0.25, 0.3) is 0 Å². The Hall–Kier alpha value is -3.48. The fraction of sp³-hybridized carbons (Fsp3) is 0.238. The summed E-state index contributed by atoms with van der Waals surface area (Å²) in [5.41, 5.74) is 8.83. The Bertz CT molecular complexity index is 929. The summed E-state index contributed by atoms with van der Waals surface area (Å²) in [5.74, 6) is 0.412. The van der Waals surface area contributed by atoms with Crippen molar-refractivity contribution in [3.8, 4) is 0 Å². The number of nitrogens with zero attached hydrogens (tertiary/aromatic N) is 3. The molecule has 3 rings (SSSR count). The highest BCUT2D eigenvalue weighted by Crippen LogP contribution is 2.19. The van der Waals surface area contributed by atoms with E-state index >= 15 is 0 Å². The summed E-state index contributed by atoms with van der Waals surface area (Å²) in [6.07, 6.45) is 0.277. The van der Waals surface area contributed by atoms with E-state index in [0.717, 1.165) is 16.8 Å². The number of nitrogens with one attached hydrogen (secondary N) is 1. The predicted molar refractivity (Wildman–Crippen MR) is 108 cm³/mol. The number of carbonyl (C=O) groups is 1. The van der Waals surface area contributed by atoms with Crippen LogP contribution in [0.5, 0.6) is 0 Å². The molecule has 0 unspecified atom stereocenters. The molecule has 0 saturated carbocycles. The molecule has 2 aromatic carbocycles. The quantitative estimate of drug-likeness (QED) is 0.605. The van der Waals surface area contributed by atoms with Crippen molar-refractivity contribution in [3.05, 3.63) is 71.5 Å². The van der Waals surface area contributed by atoms with Crippen LogP contribution in [-0.2, 0) is 16.1 Å². The molecule has 7 heteroatoms. The zero-order chi connectivity index (χ0) is 19.9. The number of hydrogen-bond donors (Lipinski definition) is 2. The molecule has 0 radical (unpaired) electrons. The third kappa shape index (κ3) is 5.51. The van der Waals surface area contributed by atoms with E-state index in [0.29, 0.717) is 11.8 Å². The summed E-state index contributed by atoms with van der Waals surface area (Å²) in [6, 6.07) is 17.6. The first-order valence-electron chi connectivity index (χ1n) is 9.04. The Kier molecular flexibility index (Phi) is 6.16. The van der Waals surface area contributed by atoms with Crippen LogP contribution in [0, 0.1) is 6.92 Å². The van der Waals surface area contributed by atoms with E-state index < -0.39 is 0 Å². The molecule has 0 bridgehead atoms. The number of rotatable bonds is 7. The minimum absolute atomic E-state index is 0.0599. The Morgan fingerprint density at radius 3 is 2.50 bits per heavy atom. The van der Waals surface area contributed by atoms with Crippen LogP contribution in [0.25, 0.3) is 0 Å². The minimum Gasteiger partial charge on any atom is -0.457 e. The third-order valence-electron chi connectivity index (χ3n) is 4.21. The van der Waals surface area contributed by atoms with Gasteiger partial charge < -0.3 is 15.8 Å². The maximum Gasteiger partial charge on any atom is 0.306 e. The molecule has 0 aliphatic rings. The summed E-state index contributed by atoms with van der Waals surface area (Å²) in [6.45, 7) is 3.94. The normalized spacial score (nSPS) is 11.6. The number of nitrogens with two attached hydrogens (primary N) is 1. The standard InChI is InChI=1S/C21H23N5O2/c1-14-8-10-17(11-9-14)23-21-25-18(24-20(22)26-21)13-28-19(27)12-15(2)16-6-4-3-5-7-16/h3-11,15H,12-13H2,1-2H3,(H3,22,23,24,25,26)/t15-/m1/s1. The molecule has 1 aromatic heterocycles. The summed E-state index contributed by atoms with van der Waals surface area (Å²) < 4.78 is 5.32. The van der Waals surface area contributed by atoms with Gasteiger partial charge in [0.15, 0.2) is 12.4 Å². The second kappa shape index (κ2) is 8.94. The number of anilines is 3. The van der Waals surface area contributed by atoms with Gasteiger partial charge >= 0.3 is 5.97 Å². The van der Waals surface area contributed by atoms with Crippen molar-refractivity contribution in [1.82, 2.24) is 15.0 Å². The number of carbonyl (C=O) groups excluding carboxylic acids is 1. The SMILES string of the molecule is Cc1ccc(Nc2nc(N)nc(COC(=O)C[C@@H](C)c3ccccc3)n2)cc1. The van der Waals surface area contributed by atoms with Gasteiger partial charge in [0.05, 0.1) is 6.42 Å². The Labute approximate surface area is 164 Å². The van der Waals surface area contributed by atoms with E-state index in [1.807, 2.05) is 68.4 Å². The van der Waals surface area contributed by atoms with Crippen LogP contribution >= 0.6 is 0 Å². The van der Waals surface area contributed by atoms with Crippen molar-refractivity contribution >= 4 is 23.6 Å². The predicted octanol–water partition coefficient (Wildman–Crippen LogP) is 3.74. The monoisotopic (exact) mass is 377 g/mol. The molecule has 3 aromatic rings. The van der Waals surface area contributed by atoms with Gasteiger partial charge in [-0.05, 0) is 30.5 Å². The minimum atomic E-state index is -0.316. The van der Waals surface area contributed by atoms with Gasteiger partial charge in [-0.25, -0.2) is 0 Å². The molecule has 0 spiro atoms. The maximum absolute atomic E-state index is 12.2. The van der Waals surface area contributed by atoms with E-state index in [1.54, 1.807) is 0 Å². The Morgan fingerprint density at radius 2 is 1.79 bits per heavy atom. The van der Waals surface area contributed by atoms with Gasteiger partial charge in [0, 0.05) is 5.69 Å². The second-order valence-electron chi connectivity index (χ2n) is 6.60. The fourth-order valence-electron chi connectivity index (χ4n) is 2.68. The molecule has 0 aliphatic carbocycles. The molecule has 28 heavy (non-hydrogen) atoms. The van der Waals surface area contributed by atoms with Crippen molar-refractivity contribution in [1.29, 1.82) is 0 Å². The largest absolute Gasteiger partial charge is 0.457 e. The first-order chi connectivity index (χ1) is 13.5. The number of benzene rings is 2. The maximum atomic E-state index is 12.2. The van der Waals surface area contributed by atoms with Crippen LogP contribution in [0.15, 0.2) is 54.6 Å². The van der Waals surface area contributed by atoms with Crippen LogP contribution in [0.2, 0.25) is 0 Å². The molecule has 1 atom stereocenters. The number of esters is 1. The second-order valence-corrected chi connectivity index (χ2v) is 6.60. The molecule has 7 nitrogen and oxygen atoms in total. The van der Waals surface area contributed by atoms with E-state index in [2.05, 4.69) is 20.3 Å². The number of nitrogen functional groups attached to an aromatic ring is 1. The number of ether oxygens (including phenoxy) is 1. The zero-order valence-electron chi connectivity index (χ0n) is 15.9. The van der Waals surface area contributed by atoms with Crippen molar-refractivity contribution in [2.24, 2.45) is 0 Å². The lowest BCUT2D eigenvalue weighted by Gasteiger charge is -2.11. The first kappa shape index (κ1) is 19.3. The summed E-state index contributed by atoms with van der Waals surface area (Å²) in [7, 11) is 0. The molecule has 0 saturated heterocycles. The lowest BCUT2D eigenvalue weighted by atomic mass is 9.98. The molecule has 0 amide bonds. The van der Waals surface area contributed by atoms with Crippen molar-refractivity contribution in [2.45, 2.75) is 32.8 Å². The highest BCUT2D eigenvalue weighted by Gasteiger charge is 2.13. The van der Waals surface area contributed by atoms with E-state index in [-0.39, 0.29) is 30.9 Å². The van der Waals surface area contributed by atoms with Crippen molar-refractivity contribution in [3.63, 3.8) is 0 Å². The average Bonchev–Trinajstić information content (AvgIpc) is 2.68. The highest BCUT2D eigenvalue weighted by atomic mass is 16.5. The summed E-state index contributed by atoms with van der Waals surface area (Å²) in [4.78, 5) is 24.5. The van der Waals surface area contributed by atoms with Gasteiger partial charge in [-0.15, -0.1) is 0 Å². The molecule has 0 fully saturated rings. The fourth-order valence-corrected chi connectivity index (χ4v) is 2.68. The van der Waals surface area contributed by atoms with Crippen LogP contribution in [0.3, 0.4) is 0 Å². The van der Waals surface area contributed by atoms with Crippen LogP contribution < -0.4 is 11.1 Å². The lowest BCUT2D eigenvalue weighted by molar-refractivity contribution is -0.145. The van der Waals surface area contributed by atoms with Gasteiger partial charge in [-0.3, -0.25) is 4.79 Å². The Balaban J connectivity index is 1.58. The van der Waals surface area contributed by atoms with E-state index in [9.17, 15) is 4.79 Å². The van der Waals surface area contributed by atoms with Gasteiger partial charge in [0.1, 0.15) is 0 Å².